The van der Waals surface area contributed by atoms with E-state index in [9.17, 15) is 22.4 Å². The van der Waals surface area contributed by atoms with E-state index in [1.807, 2.05) is 31.2 Å². The Kier molecular flexibility index (Phi) is 9.90. The Labute approximate surface area is 240 Å². The molecule has 3 N–H and O–H groups in total. The zero-order valence-electron chi connectivity index (χ0n) is 23.2. The van der Waals surface area contributed by atoms with Gasteiger partial charge in [0.2, 0.25) is 15.9 Å². The zero-order chi connectivity index (χ0) is 29.6. The molecule has 10 heteroatoms. The molecular formula is C31H36FN3O5S. The molecule has 3 aromatic rings. The molecule has 0 bridgehead atoms. The van der Waals surface area contributed by atoms with Crippen molar-refractivity contribution >= 4 is 21.9 Å². The minimum absolute atomic E-state index is 0.0410. The second-order valence-electron chi connectivity index (χ2n) is 10.7. The van der Waals surface area contributed by atoms with Crippen LogP contribution < -0.4 is 10.0 Å². The van der Waals surface area contributed by atoms with E-state index in [0.717, 1.165) is 22.3 Å². The molecular weight excluding hydrogens is 545 g/mol. The number of nitrogens with zero attached hydrogens (tertiary/aromatic N) is 1. The third-order valence-corrected chi connectivity index (χ3v) is 8.99. The van der Waals surface area contributed by atoms with Gasteiger partial charge < -0.3 is 10.4 Å². The van der Waals surface area contributed by atoms with E-state index in [1.54, 1.807) is 48.3 Å². The predicted molar refractivity (Wildman–Crippen MR) is 155 cm³/mol. The Morgan fingerprint density at radius 3 is 2.05 bits per heavy atom. The van der Waals surface area contributed by atoms with Crippen molar-refractivity contribution in [3.05, 3.63) is 89.7 Å². The molecule has 1 saturated carbocycles. The first-order chi connectivity index (χ1) is 19.5. The first-order valence-electron chi connectivity index (χ1n) is 13.7. The fourth-order valence-electron chi connectivity index (χ4n) is 5.15. The highest BCUT2D eigenvalue weighted by atomic mass is 32.2. The number of halogens is 1. The Morgan fingerprint density at radius 1 is 0.927 bits per heavy atom. The minimum Gasteiger partial charge on any atom is -0.480 e. The van der Waals surface area contributed by atoms with Crippen LogP contribution >= 0.6 is 0 Å². The molecule has 1 aliphatic rings. The molecule has 0 unspecified atom stereocenters. The largest absolute Gasteiger partial charge is 0.480 e. The molecule has 0 aromatic heterocycles. The van der Waals surface area contributed by atoms with Gasteiger partial charge in [-0.2, -0.15) is 0 Å². The lowest BCUT2D eigenvalue weighted by Crippen LogP contribution is -2.41. The topological polar surface area (TPSA) is 116 Å². The molecule has 0 saturated heterocycles. The van der Waals surface area contributed by atoms with Crippen LogP contribution in [0, 0.1) is 11.7 Å². The summed E-state index contributed by atoms with van der Waals surface area (Å²) in [6, 6.07) is 20.0. The molecule has 4 rings (SSSR count). The van der Waals surface area contributed by atoms with Gasteiger partial charge in [-0.1, -0.05) is 48.5 Å². The summed E-state index contributed by atoms with van der Waals surface area (Å²) in [6.45, 7) is 2.33. The first-order valence-corrected chi connectivity index (χ1v) is 15.2. The van der Waals surface area contributed by atoms with Crippen molar-refractivity contribution in [3.63, 3.8) is 0 Å². The average molecular weight is 582 g/mol. The number of carbonyl (C=O) groups is 2. The molecule has 1 fully saturated rings. The molecule has 218 valence electrons. The summed E-state index contributed by atoms with van der Waals surface area (Å²) in [6.07, 6.45) is 2.29. The lowest BCUT2D eigenvalue weighted by Gasteiger charge is -2.29. The van der Waals surface area contributed by atoms with Gasteiger partial charge in [0.25, 0.3) is 0 Å². The molecule has 0 radical (unpaired) electrons. The van der Waals surface area contributed by atoms with Crippen molar-refractivity contribution < 1.29 is 27.5 Å². The fraction of sp³-hybridized carbons (Fsp3) is 0.355. The van der Waals surface area contributed by atoms with Gasteiger partial charge in [0.05, 0.1) is 17.5 Å². The standard InChI is InChI=1S/C31H36FN3O5S/c1-21(23-7-13-27(32)14-8-23)33-31(38)26-9-15-28(16-10-26)34-41(39,40)29-17-11-25(12-18-29)24-5-3-22(4-6-24)19-35(2)20-30(36)37/h3-8,11-14,17-18,21,26,28,34H,9-10,15-16,19-20H2,1-2H3,(H,33,38)(H,36,37)/t21-,26?,28?/m1/s1. The maximum Gasteiger partial charge on any atom is 0.317 e. The smallest absolute Gasteiger partial charge is 0.317 e. The third kappa shape index (κ3) is 8.45. The minimum atomic E-state index is -3.72. The predicted octanol–water partition coefficient (Wildman–Crippen LogP) is 4.72. The van der Waals surface area contributed by atoms with Gasteiger partial charge in [-0.3, -0.25) is 14.5 Å². The number of likely N-dealkylation sites (N-methyl/N-ethyl adjacent to an activating group) is 1. The van der Waals surface area contributed by atoms with Crippen LogP contribution in [0.1, 0.15) is 49.8 Å². The van der Waals surface area contributed by atoms with E-state index in [2.05, 4.69) is 10.0 Å². The van der Waals surface area contributed by atoms with Crippen LogP contribution in [-0.4, -0.2) is 49.9 Å². The van der Waals surface area contributed by atoms with Gasteiger partial charge in [-0.15, -0.1) is 0 Å². The summed E-state index contributed by atoms with van der Waals surface area (Å²) in [5.41, 5.74) is 3.60. The molecule has 0 heterocycles. The molecule has 1 atom stereocenters. The number of benzene rings is 3. The highest BCUT2D eigenvalue weighted by Crippen LogP contribution is 2.28. The van der Waals surface area contributed by atoms with E-state index in [0.29, 0.717) is 32.2 Å². The molecule has 1 aliphatic carbocycles. The number of carboxylic acid groups (broad SMARTS) is 1. The van der Waals surface area contributed by atoms with Crippen LogP contribution in [0.25, 0.3) is 11.1 Å². The maximum absolute atomic E-state index is 13.2. The van der Waals surface area contributed by atoms with Gasteiger partial charge in [0.15, 0.2) is 0 Å². The molecule has 0 spiro atoms. The summed E-state index contributed by atoms with van der Waals surface area (Å²) in [5, 5.41) is 11.9. The van der Waals surface area contributed by atoms with Crippen LogP contribution in [-0.2, 0) is 26.2 Å². The first kappa shape index (κ1) is 30.4. The highest BCUT2D eigenvalue weighted by Gasteiger charge is 2.29. The van der Waals surface area contributed by atoms with E-state index in [1.165, 1.54) is 12.1 Å². The van der Waals surface area contributed by atoms with E-state index in [4.69, 9.17) is 5.11 Å². The van der Waals surface area contributed by atoms with Crippen molar-refractivity contribution in [2.24, 2.45) is 5.92 Å². The van der Waals surface area contributed by atoms with Crippen molar-refractivity contribution in [2.45, 2.75) is 56.1 Å². The molecule has 1 amide bonds. The maximum atomic E-state index is 13.2. The number of carboxylic acids is 1. The highest BCUT2D eigenvalue weighted by molar-refractivity contribution is 7.89. The second-order valence-corrected chi connectivity index (χ2v) is 12.5. The van der Waals surface area contributed by atoms with E-state index < -0.39 is 16.0 Å². The van der Waals surface area contributed by atoms with E-state index >= 15 is 0 Å². The van der Waals surface area contributed by atoms with Gasteiger partial charge in [0, 0.05) is 18.5 Å². The van der Waals surface area contributed by atoms with E-state index in [-0.39, 0.29) is 41.2 Å². The third-order valence-electron chi connectivity index (χ3n) is 7.46. The molecule has 3 aromatic carbocycles. The number of aliphatic carboxylic acids is 1. The number of rotatable bonds is 11. The number of amides is 1. The Morgan fingerprint density at radius 2 is 1.49 bits per heavy atom. The van der Waals surface area contributed by atoms with Crippen LogP contribution in [0.5, 0.6) is 0 Å². The van der Waals surface area contributed by atoms with Gasteiger partial charge in [0.1, 0.15) is 5.82 Å². The van der Waals surface area contributed by atoms with Crippen molar-refractivity contribution in [3.8, 4) is 11.1 Å². The normalized spacial score (nSPS) is 18.1. The van der Waals surface area contributed by atoms with Crippen LogP contribution in [0.4, 0.5) is 4.39 Å². The molecule has 8 nitrogen and oxygen atoms in total. The van der Waals surface area contributed by atoms with Crippen molar-refractivity contribution in [2.75, 3.05) is 13.6 Å². The van der Waals surface area contributed by atoms with Gasteiger partial charge in [-0.25, -0.2) is 17.5 Å². The summed E-state index contributed by atoms with van der Waals surface area (Å²) in [7, 11) is -1.97. The summed E-state index contributed by atoms with van der Waals surface area (Å²) < 4.78 is 42.1. The number of nitrogens with one attached hydrogen (secondary N) is 2. The van der Waals surface area contributed by atoms with Crippen LogP contribution in [0.2, 0.25) is 0 Å². The SMILES string of the molecule is C[C@@H](NC(=O)C1CCC(NS(=O)(=O)c2ccc(-c3ccc(CN(C)CC(=O)O)cc3)cc2)CC1)c1ccc(F)cc1. The average Bonchev–Trinajstić information content (AvgIpc) is 2.93. The Balaban J connectivity index is 1.28. The lowest BCUT2D eigenvalue weighted by molar-refractivity contribution is -0.138. The summed E-state index contributed by atoms with van der Waals surface area (Å²) in [4.78, 5) is 25.5. The Bertz CT molecular complexity index is 1440. The Hall–Kier alpha value is -3.60. The summed E-state index contributed by atoms with van der Waals surface area (Å²) in [5.74, 6) is -1.46. The quantitative estimate of drug-likeness (QED) is 0.302. The lowest BCUT2D eigenvalue weighted by atomic mass is 9.85. The second kappa shape index (κ2) is 13.4. The van der Waals surface area contributed by atoms with Crippen LogP contribution in [0.3, 0.4) is 0 Å². The van der Waals surface area contributed by atoms with Crippen LogP contribution in [0.15, 0.2) is 77.7 Å². The number of hydrogen-bond acceptors (Lipinski definition) is 5. The monoisotopic (exact) mass is 581 g/mol. The van der Waals surface area contributed by atoms with Gasteiger partial charge >= 0.3 is 5.97 Å². The molecule has 0 aliphatic heterocycles. The zero-order valence-corrected chi connectivity index (χ0v) is 24.0. The van der Waals surface area contributed by atoms with Gasteiger partial charge in [-0.05, 0) is 86.2 Å². The number of carbonyl (C=O) groups excluding carboxylic acids is 1. The fourth-order valence-corrected chi connectivity index (χ4v) is 6.46. The van der Waals surface area contributed by atoms with Crippen molar-refractivity contribution in [1.82, 2.24) is 14.9 Å². The van der Waals surface area contributed by atoms with Crippen molar-refractivity contribution in [1.29, 1.82) is 0 Å². The summed E-state index contributed by atoms with van der Waals surface area (Å²) >= 11 is 0. The number of sulfonamides is 1. The molecule has 41 heavy (non-hydrogen) atoms. The number of hydrogen-bond donors (Lipinski definition) is 3.